The molecule has 1 aliphatic rings. The Balaban J connectivity index is 1.38. The summed E-state index contributed by atoms with van der Waals surface area (Å²) in [5, 5.41) is 22.9. The molecule has 0 aliphatic carbocycles. The Kier molecular flexibility index (Phi) is 10.4. The van der Waals surface area contributed by atoms with Gasteiger partial charge >= 0.3 is 7.60 Å². The normalized spacial score (nSPS) is 17.3. The molecule has 1 aliphatic heterocycles. The van der Waals surface area contributed by atoms with Crippen molar-refractivity contribution in [3.05, 3.63) is 150 Å². The number of anilines is 1. The summed E-state index contributed by atoms with van der Waals surface area (Å²) < 4.78 is 43.2. The first kappa shape index (κ1) is 34.2. The van der Waals surface area contributed by atoms with Crippen LogP contribution in [-0.4, -0.2) is 36.4 Å². The number of carbonyl (C=O) groups is 1. The zero-order valence-corrected chi connectivity index (χ0v) is 28.0. The molecule has 5 aromatic carbocycles. The second-order valence-corrected chi connectivity index (χ2v) is 14.1. The summed E-state index contributed by atoms with van der Waals surface area (Å²) in [6.07, 6.45) is -2.46. The number of halogens is 1. The first-order chi connectivity index (χ1) is 23.7. The highest BCUT2D eigenvalue weighted by molar-refractivity contribution is 7.62. The molecule has 4 atom stereocenters. The number of hydrogen-bond acceptors (Lipinski definition) is 7. The fourth-order valence-corrected chi connectivity index (χ4v) is 7.32. The van der Waals surface area contributed by atoms with Gasteiger partial charge in [-0.25, -0.2) is 4.39 Å². The van der Waals surface area contributed by atoms with Crippen LogP contribution in [0.25, 0.3) is 11.1 Å². The van der Waals surface area contributed by atoms with Crippen LogP contribution in [0.15, 0.2) is 127 Å². The molecule has 10 heteroatoms. The molecular formula is C39H37FNO7P. The van der Waals surface area contributed by atoms with Gasteiger partial charge in [0.25, 0.3) is 0 Å². The molecule has 0 spiro atoms. The van der Waals surface area contributed by atoms with Gasteiger partial charge < -0.3 is 28.9 Å². The van der Waals surface area contributed by atoms with Crippen LogP contribution in [-0.2, 0) is 25.0 Å². The summed E-state index contributed by atoms with van der Waals surface area (Å²) in [6.45, 7) is 0.254. The van der Waals surface area contributed by atoms with Crippen LogP contribution in [0.4, 0.5) is 10.1 Å². The number of amides is 1. The first-order valence-electron chi connectivity index (χ1n) is 15.9. The SMILES string of the molecule is COP(=O)(OC)c1ccc(-c2ccc([C@@H]3[C@@H]([C@H](O)C[C@H](O)c4ccc(F)cc4)C(=O)N3c3ccccc3)c(OCc3ccccc3)c2)cc1. The van der Waals surface area contributed by atoms with Crippen LogP contribution < -0.4 is 14.9 Å². The Labute approximate surface area is 284 Å². The lowest BCUT2D eigenvalue weighted by molar-refractivity contribution is -0.137. The van der Waals surface area contributed by atoms with Crippen LogP contribution in [0.1, 0.15) is 35.3 Å². The van der Waals surface area contributed by atoms with Crippen LogP contribution in [0.3, 0.4) is 0 Å². The zero-order chi connectivity index (χ0) is 34.5. The van der Waals surface area contributed by atoms with Crippen molar-refractivity contribution in [2.45, 2.75) is 31.3 Å². The number of ether oxygens (including phenoxy) is 1. The van der Waals surface area contributed by atoms with E-state index in [1.165, 1.54) is 38.5 Å². The number of carbonyl (C=O) groups excluding carboxylic acids is 1. The minimum atomic E-state index is -3.43. The minimum Gasteiger partial charge on any atom is -0.489 e. The smallest absolute Gasteiger partial charge is 0.360 e. The monoisotopic (exact) mass is 681 g/mol. The van der Waals surface area contributed by atoms with Crippen molar-refractivity contribution in [2.75, 3.05) is 19.1 Å². The highest BCUT2D eigenvalue weighted by Crippen LogP contribution is 2.50. The fourth-order valence-electron chi connectivity index (χ4n) is 6.23. The molecule has 2 N–H and O–H groups in total. The molecule has 0 bridgehead atoms. The van der Waals surface area contributed by atoms with Gasteiger partial charge in [-0.3, -0.25) is 9.36 Å². The van der Waals surface area contributed by atoms with Gasteiger partial charge in [-0.1, -0.05) is 84.9 Å². The van der Waals surface area contributed by atoms with Crippen LogP contribution in [0.2, 0.25) is 0 Å². The average Bonchev–Trinajstić information content (AvgIpc) is 3.13. The molecular weight excluding hydrogens is 644 g/mol. The lowest BCUT2D eigenvalue weighted by Crippen LogP contribution is -2.59. The van der Waals surface area contributed by atoms with E-state index >= 15 is 0 Å². The molecule has 49 heavy (non-hydrogen) atoms. The van der Waals surface area contributed by atoms with E-state index in [4.69, 9.17) is 13.8 Å². The molecule has 252 valence electrons. The number of β-lactam (4-membered cyclic amide) rings is 1. The van der Waals surface area contributed by atoms with Gasteiger partial charge in [-0.15, -0.1) is 0 Å². The number of rotatable bonds is 13. The van der Waals surface area contributed by atoms with Crippen molar-refractivity contribution in [3.8, 4) is 16.9 Å². The third-order valence-corrected chi connectivity index (χ3v) is 10.8. The van der Waals surface area contributed by atoms with Gasteiger partial charge in [0.15, 0.2) is 0 Å². The van der Waals surface area contributed by atoms with E-state index in [1.54, 1.807) is 17.0 Å². The standard InChI is InChI=1S/C39H37FNO7P/c1-46-49(45,47-2)32-20-15-27(16-21-32)29-17-22-33(36(23-29)48-25-26-9-5-3-6-10-26)38-37(39(44)41(38)31-11-7-4-8-12-31)35(43)24-34(42)28-13-18-30(40)19-14-28/h3-23,34-35,37-38,42-43H,24-25H2,1-2H3/t34-,35+,37+,38+/m0/s1. The molecule has 8 nitrogen and oxygen atoms in total. The van der Waals surface area contributed by atoms with Crippen molar-refractivity contribution in [1.29, 1.82) is 0 Å². The maximum Gasteiger partial charge on any atom is 0.360 e. The minimum absolute atomic E-state index is 0.126. The third kappa shape index (κ3) is 7.22. The lowest BCUT2D eigenvalue weighted by Gasteiger charge is -2.49. The van der Waals surface area contributed by atoms with Crippen molar-refractivity contribution in [2.24, 2.45) is 5.92 Å². The Morgan fingerprint density at radius 2 is 1.41 bits per heavy atom. The summed E-state index contributed by atoms with van der Waals surface area (Å²) in [6, 6.07) is 36.4. The predicted molar refractivity (Wildman–Crippen MR) is 186 cm³/mol. The molecule has 1 fully saturated rings. The molecule has 1 heterocycles. The van der Waals surface area contributed by atoms with Crippen molar-refractivity contribution in [3.63, 3.8) is 0 Å². The highest BCUT2D eigenvalue weighted by Gasteiger charge is 2.53. The highest BCUT2D eigenvalue weighted by atomic mass is 31.2. The lowest BCUT2D eigenvalue weighted by atomic mass is 9.76. The molecule has 0 unspecified atom stereocenters. The quantitative estimate of drug-likeness (QED) is 0.0988. The summed E-state index contributed by atoms with van der Waals surface area (Å²) >= 11 is 0. The predicted octanol–water partition coefficient (Wildman–Crippen LogP) is 7.37. The summed E-state index contributed by atoms with van der Waals surface area (Å²) in [5.41, 5.74) is 4.36. The Morgan fingerprint density at radius 1 is 0.796 bits per heavy atom. The van der Waals surface area contributed by atoms with Gasteiger partial charge in [0, 0.05) is 31.9 Å². The first-order valence-corrected chi connectivity index (χ1v) is 17.4. The summed E-state index contributed by atoms with van der Waals surface area (Å²) in [5.74, 6) is -1.10. The van der Waals surface area contributed by atoms with Crippen molar-refractivity contribution in [1.82, 2.24) is 0 Å². The third-order valence-electron chi connectivity index (χ3n) is 8.88. The van der Waals surface area contributed by atoms with Crippen molar-refractivity contribution >= 4 is 24.5 Å². The van der Waals surface area contributed by atoms with Crippen LogP contribution in [0, 0.1) is 11.7 Å². The average molecular weight is 682 g/mol. The van der Waals surface area contributed by atoms with Gasteiger partial charge in [0.1, 0.15) is 18.2 Å². The summed E-state index contributed by atoms with van der Waals surface area (Å²) in [4.78, 5) is 15.5. The largest absolute Gasteiger partial charge is 0.489 e. The topological polar surface area (TPSA) is 106 Å². The molecule has 6 rings (SSSR count). The number of nitrogens with zero attached hydrogens (tertiary/aromatic N) is 1. The molecule has 0 saturated carbocycles. The zero-order valence-electron chi connectivity index (χ0n) is 27.1. The van der Waals surface area contributed by atoms with E-state index in [0.29, 0.717) is 27.9 Å². The molecule has 0 aromatic heterocycles. The van der Waals surface area contributed by atoms with Crippen molar-refractivity contribution < 1.29 is 37.7 Å². The van der Waals surface area contributed by atoms with E-state index in [9.17, 15) is 24.0 Å². The van der Waals surface area contributed by atoms with E-state index < -0.39 is 37.6 Å². The van der Waals surface area contributed by atoms with Crippen LogP contribution >= 0.6 is 7.60 Å². The van der Waals surface area contributed by atoms with Gasteiger partial charge in [-0.05, 0) is 64.7 Å². The second kappa shape index (κ2) is 14.9. The Morgan fingerprint density at radius 3 is 2.04 bits per heavy atom. The Hall–Kier alpha value is -4.63. The molecule has 5 aromatic rings. The Bertz CT molecular complexity index is 1920. The van der Waals surface area contributed by atoms with Gasteiger partial charge in [0.05, 0.1) is 29.5 Å². The van der Waals surface area contributed by atoms with E-state index in [2.05, 4.69) is 0 Å². The van der Waals surface area contributed by atoms with E-state index in [-0.39, 0.29) is 18.9 Å². The fraction of sp³-hybridized carbons (Fsp3) is 0.205. The second-order valence-electron chi connectivity index (χ2n) is 11.8. The maximum atomic E-state index is 13.8. The van der Waals surface area contributed by atoms with Crippen LogP contribution in [0.5, 0.6) is 5.75 Å². The molecule has 1 saturated heterocycles. The van der Waals surface area contributed by atoms with E-state index in [0.717, 1.165) is 16.7 Å². The van der Waals surface area contributed by atoms with Gasteiger partial charge in [-0.2, -0.15) is 0 Å². The molecule has 0 radical (unpaired) electrons. The summed E-state index contributed by atoms with van der Waals surface area (Å²) in [7, 11) is -0.751. The number of benzene rings is 5. The maximum absolute atomic E-state index is 13.8. The number of aliphatic hydroxyl groups excluding tert-OH is 2. The van der Waals surface area contributed by atoms with Gasteiger partial charge in [0.2, 0.25) is 5.91 Å². The molecule has 1 amide bonds. The number of hydrogen-bond donors (Lipinski definition) is 2. The van der Waals surface area contributed by atoms with E-state index in [1.807, 2.05) is 91.0 Å². The number of para-hydroxylation sites is 1. The number of aliphatic hydroxyl groups is 2.